The molecule has 0 radical (unpaired) electrons. The molecule has 2 fully saturated rings. The largest absolute Gasteiger partial charge is 0.375 e. The summed E-state index contributed by atoms with van der Waals surface area (Å²) in [6.45, 7) is 7.46. The fourth-order valence-electron chi connectivity index (χ4n) is 3.74. The van der Waals surface area contributed by atoms with Crippen LogP contribution in [0.15, 0.2) is 6.20 Å². The quantitative estimate of drug-likeness (QED) is 0.910. The standard InChI is InChI=1S/C16H28N4S.ClH/c17-16-18-10-15(21-16)13-20-9-5-6-14(12-20)11-19-7-3-1-2-4-8-19;/h10,14H,1-9,11-13H2,(H2,17,18);1H. The summed E-state index contributed by atoms with van der Waals surface area (Å²) in [5.74, 6) is 0.849. The molecule has 0 aliphatic carbocycles. The number of hydrogen-bond donors (Lipinski definition) is 1. The van der Waals surface area contributed by atoms with Crippen molar-refractivity contribution in [1.29, 1.82) is 0 Å². The highest BCUT2D eigenvalue weighted by molar-refractivity contribution is 7.15. The van der Waals surface area contributed by atoms with E-state index in [4.69, 9.17) is 5.73 Å². The van der Waals surface area contributed by atoms with Crippen molar-refractivity contribution in [2.24, 2.45) is 5.92 Å². The Labute approximate surface area is 144 Å². The number of hydrogen-bond acceptors (Lipinski definition) is 5. The van der Waals surface area contributed by atoms with Gasteiger partial charge < -0.3 is 10.6 Å². The molecular formula is C16H29ClN4S. The van der Waals surface area contributed by atoms with E-state index in [1.165, 1.54) is 76.1 Å². The maximum Gasteiger partial charge on any atom is 0.180 e. The smallest absolute Gasteiger partial charge is 0.180 e. The first kappa shape index (κ1) is 18.0. The molecule has 1 aromatic heterocycles. The van der Waals surface area contributed by atoms with E-state index in [0.717, 1.165) is 12.5 Å². The van der Waals surface area contributed by atoms with Gasteiger partial charge in [0, 0.05) is 30.7 Å². The van der Waals surface area contributed by atoms with Gasteiger partial charge in [-0.2, -0.15) is 0 Å². The van der Waals surface area contributed by atoms with Crippen LogP contribution in [-0.2, 0) is 6.54 Å². The molecule has 1 atom stereocenters. The summed E-state index contributed by atoms with van der Waals surface area (Å²) in [5.41, 5.74) is 5.73. The van der Waals surface area contributed by atoms with E-state index in [1.807, 2.05) is 6.20 Å². The number of rotatable bonds is 4. The Morgan fingerprint density at radius 1 is 1.09 bits per heavy atom. The third kappa shape index (κ3) is 5.37. The van der Waals surface area contributed by atoms with Crippen LogP contribution in [0.25, 0.3) is 0 Å². The molecule has 0 saturated carbocycles. The highest BCUT2D eigenvalue weighted by Crippen LogP contribution is 2.23. The molecule has 0 spiro atoms. The highest BCUT2D eigenvalue weighted by atomic mass is 35.5. The van der Waals surface area contributed by atoms with Crippen LogP contribution in [-0.4, -0.2) is 47.5 Å². The zero-order chi connectivity index (χ0) is 14.5. The summed E-state index contributed by atoms with van der Waals surface area (Å²) in [4.78, 5) is 10.8. The lowest BCUT2D eigenvalue weighted by Gasteiger charge is -2.35. The van der Waals surface area contributed by atoms with E-state index in [1.54, 1.807) is 11.3 Å². The average Bonchev–Trinajstić information content (AvgIpc) is 2.73. The summed E-state index contributed by atoms with van der Waals surface area (Å²) >= 11 is 1.64. The lowest BCUT2D eigenvalue weighted by atomic mass is 9.97. The van der Waals surface area contributed by atoms with Crippen LogP contribution < -0.4 is 5.73 Å². The molecule has 6 heteroatoms. The van der Waals surface area contributed by atoms with E-state index >= 15 is 0 Å². The number of thiazole rings is 1. The maximum atomic E-state index is 5.73. The average molecular weight is 345 g/mol. The van der Waals surface area contributed by atoms with Crippen LogP contribution >= 0.6 is 23.7 Å². The van der Waals surface area contributed by atoms with Crippen molar-refractivity contribution in [3.05, 3.63) is 11.1 Å². The van der Waals surface area contributed by atoms with E-state index in [0.29, 0.717) is 5.13 Å². The Morgan fingerprint density at radius 2 is 1.82 bits per heavy atom. The van der Waals surface area contributed by atoms with Gasteiger partial charge in [0.25, 0.3) is 0 Å². The first-order chi connectivity index (χ1) is 10.3. The molecule has 2 aliphatic heterocycles. The number of likely N-dealkylation sites (tertiary alicyclic amines) is 2. The fraction of sp³-hybridized carbons (Fsp3) is 0.812. The van der Waals surface area contributed by atoms with Crippen molar-refractivity contribution in [2.75, 3.05) is 38.5 Å². The molecule has 126 valence electrons. The van der Waals surface area contributed by atoms with Crippen LogP contribution in [0.2, 0.25) is 0 Å². The predicted molar refractivity (Wildman–Crippen MR) is 96.7 cm³/mol. The third-order valence-corrected chi connectivity index (χ3v) is 5.58. The number of nitrogen functional groups attached to an aromatic ring is 1. The van der Waals surface area contributed by atoms with Crippen molar-refractivity contribution >= 4 is 28.9 Å². The first-order valence-electron chi connectivity index (χ1n) is 8.44. The Morgan fingerprint density at radius 3 is 2.50 bits per heavy atom. The van der Waals surface area contributed by atoms with E-state index < -0.39 is 0 Å². The van der Waals surface area contributed by atoms with Gasteiger partial charge in [-0.3, -0.25) is 4.90 Å². The van der Waals surface area contributed by atoms with E-state index in [-0.39, 0.29) is 12.4 Å². The summed E-state index contributed by atoms with van der Waals surface area (Å²) < 4.78 is 0. The van der Waals surface area contributed by atoms with Crippen LogP contribution in [0.4, 0.5) is 5.13 Å². The minimum Gasteiger partial charge on any atom is -0.375 e. The Balaban J connectivity index is 0.00000176. The highest BCUT2D eigenvalue weighted by Gasteiger charge is 2.23. The normalized spacial score (nSPS) is 24.6. The van der Waals surface area contributed by atoms with Crippen molar-refractivity contribution in [3.8, 4) is 0 Å². The minimum absolute atomic E-state index is 0. The minimum atomic E-state index is 0. The van der Waals surface area contributed by atoms with Crippen molar-refractivity contribution < 1.29 is 0 Å². The summed E-state index contributed by atoms with van der Waals surface area (Å²) in [7, 11) is 0. The lowest BCUT2D eigenvalue weighted by molar-refractivity contribution is 0.130. The van der Waals surface area contributed by atoms with E-state index in [2.05, 4.69) is 14.8 Å². The molecule has 2 aliphatic rings. The van der Waals surface area contributed by atoms with Crippen molar-refractivity contribution in [3.63, 3.8) is 0 Å². The second-order valence-corrected chi connectivity index (χ2v) is 7.77. The van der Waals surface area contributed by atoms with Gasteiger partial charge in [-0.15, -0.1) is 23.7 Å². The van der Waals surface area contributed by atoms with Gasteiger partial charge in [-0.05, 0) is 51.2 Å². The van der Waals surface area contributed by atoms with Gasteiger partial charge in [-0.25, -0.2) is 4.98 Å². The second-order valence-electron chi connectivity index (χ2n) is 6.62. The molecule has 22 heavy (non-hydrogen) atoms. The van der Waals surface area contributed by atoms with E-state index in [9.17, 15) is 0 Å². The number of nitrogens with two attached hydrogens (primary N) is 1. The van der Waals surface area contributed by atoms with Crippen LogP contribution in [0.1, 0.15) is 43.4 Å². The fourth-order valence-corrected chi connectivity index (χ4v) is 4.47. The van der Waals surface area contributed by atoms with Crippen LogP contribution in [0.3, 0.4) is 0 Å². The summed E-state index contributed by atoms with van der Waals surface area (Å²) in [6, 6.07) is 0. The molecule has 2 N–H and O–H groups in total. The van der Waals surface area contributed by atoms with Crippen LogP contribution in [0.5, 0.6) is 0 Å². The molecule has 3 heterocycles. The summed E-state index contributed by atoms with van der Waals surface area (Å²) in [6.07, 6.45) is 10.3. The molecule has 2 saturated heterocycles. The van der Waals surface area contributed by atoms with Crippen molar-refractivity contribution in [2.45, 2.75) is 45.1 Å². The Bertz CT molecular complexity index is 432. The zero-order valence-corrected chi connectivity index (χ0v) is 15.0. The Hall–Kier alpha value is -0.360. The van der Waals surface area contributed by atoms with Gasteiger partial charge in [-0.1, -0.05) is 12.8 Å². The SMILES string of the molecule is Cl.Nc1ncc(CN2CCCC(CN3CCCCCC3)C2)s1. The van der Waals surface area contributed by atoms with Crippen LogP contribution in [0, 0.1) is 5.92 Å². The number of aromatic nitrogens is 1. The monoisotopic (exact) mass is 344 g/mol. The van der Waals surface area contributed by atoms with Crippen molar-refractivity contribution in [1.82, 2.24) is 14.8 Å². The molecule has 1 unspecified atom stereocenters. The summed E-state index contributed by atoms with van der Waals surface area (Å²) in [5, 5.41) is 0.697. The molecule has 1 aromatic rings. The molecule has 3 rings (SSSR count). The second kappa shape index (κ2) is 9.06. The number of piperidine rings is 1. The molecule has 0 amide bonds. The van der Waals surface area contributed by atoms with Gasteiger partial charge in [0.05, 0.1) is 0 Å². The number of halogens is 1. The lowest BCUT2D eigenvalue weighted by Crippen LogP contribution is -2.40. The maximum absolute atomic E-state index is 5.73. The zero-order valence-electron chi connectivity index (χ0n) is 13.4. The van der Waals surface area contributed by atoms with Gasteiger partial charge in [0.2, 0.25) is 0 Å². The molecular weight excluding hydrogens is 316 g/mol. The molecule has 0 bridgehead atoms. The molecule has 0 aromatic carbocycles. The Kier molecular flexibility index (Phi) is 7.41. The number of nitrogens with zero attached hydrogens (tertiary/aromatic N) is 3. The predicted octanol–water partition coefficient (Wildman–Crippen LogP) is 3.24. The van der Waals surface area contributed by atoms with Gasteiger partial charge >= 0.3 is 0 Å². The molecule has 4 nitrogen and oxygen atoms in total. The first-order valence-corrected chi connectivity index (χ1v) is 9.26. The van der Waals surface area contributed by atoms with Gasteiger partial charge in [0.1, 0.15) is 0 Å². The van der Waals surface area contributed by atoms with Gasteiger partial charge in [0.15, 0.2) is 5.13 Å². The third-order valence-electron chi connectivity index (χ3n) is 4.77. The topological polar surface area (TPSA) is 45.4 Å². The number of anilines is 1.